The second kappa shape index (κ2) is 7.84. The number of amides is 1. The van der Waals surface area contributed by atoms with Crippen LogP contribution in [0, 0.1) is 5.92 Å². The fourth-order valence-corrected chi connectivity index (χ4v) is 3.58. The number of hydrogen-bond donors (Lipinski definition) is 0. The van der Waals surface area contributed by atoms with Crippen molar-refractivity contribution in [3.63, 3.8) is 0 Å². The standard InChI is InChI=1S/C22H22N2O4/c1-15-6-5-11-24(13-15)20(25)14-27-22(26)17-9-10-19-18(12-17)21(28-23-19)16-7-3-2-4-8-16/h2-4,7-10,12,15H,5-6,11,13-14H2,1H3/t15-/m1/s1. The molecule has 1 aliphatic rings. The first kappa shape index (κ1) is 18.2. The van der Waals surface area contributed by atoms with Crippen LogP contribution < -0.4 is 0 Å². The topological polar surface area (TPSA) is 72.6 Å². The van der Waals surface area contributed by atoms with E-state index in [2.05, 4.69) is 12.1 Å². The molecule has 0 bridgehead atoms. The quantitative estimate of drug-likeness (QED) is 0.644. The molecular formula is C22H22N2O4. The minimum Gasteiger partial charge on any atom is -0.452 e. The van der Waals surface area contributed by atoms with Gasteiger partial charge < -0.3 is 14.2 Å². The Morgan fingerprint density at radius 1 is 1.21 bits per heavy atom. The molecule has 6 heteroatoms. The largest absolute Gasteiger partial charge is 0.452 e. The molecule has 6 nitrogen and oxygen atoms in total. The van der Waals surface area contributed by atoms with Gasteiger partial charge in [0, 0.05) is 18.7 Å². The van der Waals surface area contributed by atoms with Crippen molar-refractivity contribution in [1.29, 1.82) is 0 Å². The minimum absolute atomic E-state index is 0.143. The number of ether oxygens (including phenoxy) is 1. The maximum Gasteiger partial charge on any atom is 0.338 e. The van der Waals surface area contributed by atoms with E-state index in [0.29, 0.717) is 22.8 Å². The lowest BCUT2D eigenvalue weighted by Gasteiger charge is -2.30. The fourth-order valence-electron chi connectivity index (χ4n) is 3.58. The summed E-state index contributed by atoms with van der Waals surface area (Å²) in [6, 6.07) is 14.6. The van der Waals surface area contributed by atoms with Crippen LogP contribution in [0.5, 0.6) is 0 Å². The molecule has 1 aliphatic heterocycles. The molecule has 2 heterocycles. The highest BCUT2D eigenvalue weighted by Crippen LogP contribution is 2.29. The number of likely N-dealkylation sites (tertiary alicyclic amines) is 1. The summed E-state index contributed by atoms with van der Waals surface area (Å²) in [6.45, 7) is 3.35. The molecule has 1 aromatic heterocycles. The van der Waals surface area contributed by atoms with Gasteiger partial charge in [0.05, 0.1) is 10.9 Å². The number of piperidine rings is 1. The Labute approximate surface area is 163 Å². The summed E-state index contributed by atoms with van der Waals surface area (Å²) in [6.07, 6.45) is 2.12. The maximum absolute atomic E-state index is 12.5. The maximum atomic E-state index is 12.5. The van der Waals surface area contributed by atoms with Crippen LogP contribution in [0.3, 0.4) is 0 Å². The van der Waals surface area contributed by atoms with Gasteiger partial charge in [-0.1, -0.05) is 42.4 Å². The Kier molecular flexibility index (Phi) is 5.10. The van der Waals surface area contributed by atoms with Crippen molar-refractivity contribution in [2.75, 3.05) is 19.7 Å². The number of esters is 1. The summed E-state index contributed by atoms with van der Waals surface area (Å²) < 4.78 is 10.7. The van der Waals surface area contributed by atoms with Gasteiger partial charge in [-0.15, -0.1) is 0 Å². The number of aromatic nitrogens is 1. The average Bonchev–Trinajstić information content (AvgIpc) is 3.15. The van der Waals surface area contributed by atoms with Gasteiger partial charge in [-0.3, -0.25) is 4.79 Å². The average molecular weight is 378 g/mol. The monoisotopic (exact) mass is 378 g/mol. The lowest BCUT2D eigenvalue weighted by Crippen LogP contribution is -2.41. The molecule has 1 amide bonds. The molecule has 144 valence electrons. The molecule has 0 spiro atoms. The lowest BCUT2D eigenvalue weighted by molar-refractivity contribution is -0.136. The van der Waals surface area contributed by atoms with E-state index >= 15 is 0 Å². The van der Waals surface area contributed by atoms with E-state index in [4.69, 9.17) is 9.26 Å². The number of rotatable bonds is 4. The molecule has 1 atom stereocenters. The summed E-state index contributed by atoms with van der Waals surface area (Å²) >= 11 is 0. The molecule has 28 heavy (non-hydrogen) atoms. The van der Waals surface area contributed by atoms with Crippen molar-refractivity contribution in [2.24, 2.45) is 5.92 Å². The highest BCUT2D eigenvalue weighted by Gasteiger charge is 2.22. The van der Waals surface area contributed by atoms with Crippen molar-refractivity contribution >= 4 is 22.8 Å². The van der Waals surface area contributed by atoms with Crippen molar-refractivity contribution in [3.05, 3.63) is 54.1 Å². The van der Waals surface area contributed by atoms with Crippen LogP contribution in [0.2, 0.25) is 0 Å². The minimum atomic E-state index is -0.527. The van der Waals surface area contributed by atoms with Crippen molar-refractivity contribution in [1.82, 2.24) is 10.1 Å². The van der Waals surface area contributed by atoms with E-state index in [0.717, 1.165) is 36.9 Å². The van der Waals surface area contributed by atoms with E-state index in [-0.39, 0.29) is 12.5 Å². The molecule has 4 rings (SSSR count). The summed E-state index contributed by atoms with van der Waals surface area (Å²) in [5, 5.41) is 4.78. The van der Waals surface area contributed by atoms with Gasteiger partial charge in [-0.05, 0) is 37.0 Å². The molecule has 0 radical (unpaired) electrons. The molecule has 1 fully saturated rings. The van der Waals surface area contributed by atoms with E-state index in [1.54, 1.807) is 23.1 Å². The molecule has 3 aromatic rings. The summed E-state index contributed by atoms with van der Waals surface area (Å²) in [5.41, 5.74) is 1.91. The number of carbonyl (C=O) groups is 2. The van der Waals surface area contributed by atoms with Gasteiger partial charge in [-0.25, -0.2) is 4.79 Å². The van der Waals surface area contributed by atoms with Crippen LogP contribution in [0.4, 0.5) is 0 Å². The third kappa shape index (κ3) is 3.76. The number of hydrogen-bond acceptors (Lipinski definition) is 5. The van der Waals surface area contributed by atoms with E-state index in [9.17, 15) is 9.59 Å². The molecule has 0 unspecified atom stereocenters. The molecule has 0 saturated carbocycles. The lowest BCUT2D eigenvalue weighted by atomic mass is 10.0. The SMILES string of the molecule is C[C@@H]1CCCN(C(=O)COC(=O)c2ccc3noc(-c4ccccc4)c3c2)C1. The van der Waals surface area contributed by atoms with Gasteiger partial charge >= 0.3 is 5.97 Å². The van der Waals surface area contributed by atoms with E-state index in [1.165, 1.54) is 0 Å². The van der Waals surface area contributed by atoms with Crippen LogP contribution in [0.25, 0.3) is 22.2 Å². The van der Waals surface area contributed by atoms with Gasteiger partial charge in [0.15, 0.2) is 12.4 Å². The second-order valence-corrected chi connectivity index (χ2v) is 7.27. The zero-order valence-electron chi connectivity index (χ0n) is 15.8. The summed E-state index contributed by atoms with van der Waals surface area (Å²) in [5.74, 6) is 0.417. The molecule has 0 aliphatic carbocycles. The highest BCUT2D eigenvalue weighted by molar-refractivity contribution is 5.99. The number of benzene rings is 2. The predicted octanol–water partition coefficient (Wildman–Crippen LogP) is 3.91. The molecular weight excluding hydrogens is 356 g/mol. The highest BCUT2D eigenvalue weighted by atomic mass is 16.5. The number of carbonyl (C=O) groups excluding carboxylic acids is 2. The predicted molar refractivity (Wildman–Crippen MR) is 105 cm³/mol. The van der Waals surface area contributed by atoms with Gasteiger partial charge in [0.25, 0.3) is 5.91 Å². The third-order valence-corrected chi connectivity index (χ3v) is 5.08. The number of fused-ring (bicyclic) bond motifs is 1. The van der Waals surface area contributed by atoms with Gasteiger partial charge in [-0.2, -0.15) is 0 Å². The molecule has 2 aromatic carbocycles. The summed E-state index contributed by atoms with van der Waals surface area (Å²) in [7, 11) is 0. The van der Waals surface area contributed by atoms with Crippen molar-refractivity contribution in [2.45, 2.75) is 19.8 Å². The number of nitrogens with zero attached hydrogens (tertiary/aromatic N) is 2. The zero-order chi connectivity index (χ0) is 19.5. The molecule has 1 saturated heterocycles. The van der Waals surface area contributed by atoms with Crippen LogP contribution in [-0.4, -0.2) is 41.6 Å². The van der Waals surface area contributed by atoms with Gasteiger partial charge in [0.1, 0.15) is 5.52 Å². The van der Waals surface area contributed by atoms with E-state index < -0.39 is 5.97 Å². The Morgan fingerprint density at radius 3 is 2.82 bits per heavy atom. The van der Waals surface area contributed by atoms with Gasteiger partial charge in [0.2, 0.25) is 0 Å². The third-order valence-electron chi connectivity index (χ3n) is 5.08. The van der Waals surface area contributed by atoms with Crippen LogP contribution in [0.1, 0.15) is 30.1 Å². The Balaban J connectivity index is 1.48. The van der Waals surface area contributed by atoms with E-state index in [1.807, 2.05) is 30.3 Å². The van der Waals surface area contributed by atoms with Crippen molar-refractivity contribution < 1.29 is 18.8 Å². The van der Waals surface area contributed by atoms with Crippen LogP contribution >= 0.6 is 0 Å². The second-order valence-electron chi connectivity index (χ2n) is 7.27. The fraction of sp³-hybridized carbons (Fsp3) is 0.318. The first-order valence-electron chi connectivity index (χ1n) is 9.51. The zero-order valence-corrected chi connectivity index (χ0v) is 15.8. The molecule has 0 N–H and O–H groups in total. The summed E-state index contributed by atoms with van der Waals surface area (Å²) in [4.78, 5) is 26.6. The van der Waals surface area contributed by atoms with Crippen molar-refractivity contribution in [3.8, 4) is 11.3 Å². The smallest absolute Gasteiger partial charge is 0.338 e. The van der Waals surface area contributed by atoms with Crippen LogP contribution in [0.15, 0.2) is 53.1 Å². The Bertz CT molecular complexity index is 996. The first-order valence-corrected chi connectivity index (χ1v) is 9.51. The normalized spacial score (nSPS) is 16.9. The first-order chi connectivity index (χ1) is 13.6. The Hall–Kier alpha value is -3.15. The Morgan fingerprint density at radius 2 is 2.04 bits per heavy atom. The van der Waals surface area contributed by atoms with Crippen LogP contribution in [-0.2, 0) is 9.53 Å².